The molecule has 0 aliphatic rings. The highest BCUT2D eigenvalue weighted by molar-refractivity contribution is 9.10. The van der Waals surface area contributed by atoms with E-state index in [2.05, 4.69) is 72.5 Å². The maximum absolute atomic E-state index is 5.51. The Balaban J connectivity index is 2.24. The minimum Gasteiger partial charge on any atom is -0.332 e. The van der Waals surface area contributed by atoms with Crippen molar-refractivity contribution in [1.29, 1.82) is 0 Å². The van der Waals surface area contributed by atoms with Crippen molar-refractivity contribution in [3.8, 4) is 0 Å². The van der Waals surface area contributed by atoms with E-state index >= 15 is 0 Å². The van der Waals surface area contributed by atoms with Crippen LogP contribution in [-0.4, -0.2) is 5.11 Å². The molecule has 0 aliphatic carbocycles. The number of para-hydroxylation sites is 1. The molecule has 0 unspecified atom stereocenters. The van der Waals surface area contributed by atoms with Crippen LogP contribution in [0.1, 0.15) is 50.7 Å². The molecule has 0 fully saturated rings. The standard InChI is InChI=1S/C19H23BrN2S/c1-12(2)16-6-5-7-17(13(3)4)18(16)22-19(23)21-15-10-8-14(20)9-11-15/h5-13H,1-4H3,(H2,21,22,23). The van der Waals surface area contributed by atoms with E-state index in [0.717, 1.165) is 15.8 Å². The van der Waals surface area contributed by atoms with Crippen molar-refractivity contribution < 1.29 is 0 Å². The molecular weight excluding hydrogens is 368 g/mol. The summed E-state index contributed by atoms with van der Waals surface area (Å²) in [5.74, 6) is 0.873. The molecule has 0 saturated carbocycles. The Labute approximate surface area is 152 Å². The first-order chi connectivity index (χ1) is 10.9. The third-order valence-corrected chi connectivity index (χ3v) is 4.45. The molecule has 0 saturated heterocycles. The van der Waals surface area contributed by atoms with Gasteiger partial charge in [-0.3, -0.25) is 0 Å². The second-order valence-electron chi connectivity index (χ2n) is 6.21. The molecule has 0 spiro atoms. The summed E-state index contributed by atoms with van der Waals surface area (Å²) in [5.41, 5.74) is 4.68. The number of hydrogen-bond acceptors (Lipinski definition) is 1. The van der Waals surface area contributed by atoms with Crippen molar-refractivity contribution in [3.05, 3.63) is 58.1 Å². The third-order valence-electron chi connectivity index (χ3n) is 3.71. The van der Waals surface area contributed by atoms with Gasteiger partial charge in [-0.1, -0.05) is 61.8 Å². The fourth-order valence-corrected chi connectivity index (χ4v) is 2.99. The molecule has 0 radical (unpaired) electrons. The predicted molar refractivity (Wildman–Crippen MR) is 109 cm³/mol. The van der Waals surface area contributed by atoms with Crippen LogP contribution in [0.4, 0.5) is 11.4 Å². The van der Waals surface area contributed by atoms with Crippen molar-refractivity contribution in [2.75, 3.05) is 10.6 Å². The number of benzene rings is 2. The van der Waals surface area contributed by atoms with Crippen molar-refractivity contribution in [2.45, 2.75) is 39.5 Å². The molecule has 0 bridgehead atoms. The molecule has 2 aromatic rings. The second kappa shape index (κ2) is 7.93. The highest BCUT2D eigenvalue weighted by Crippen LogP contribution is 2.32. The molecule has 2 rings (SSSR count). The lowest BCUT2D eigenvalue weighted by Gasteiger charge is -2.21. The largest absolute Gasteiger partial charge is 0.332 e. The average Bonchev–Trinajstić information content (AvgIpc) is 2.49. The van der Waals surface area contributed by atoms with Crippen LogP contribution in [0.15, 0.2) is 46.9 Å². The predicted octanol–water partition coefficient (Wildman–Crippen LogP) is 6.50. The molecule has 2 N–H and O–H groups in total. The second-order valence-corrected chi connectivity index (χ2v) is 7.53. The van der Waals surface area contributed by atoms with Crippen LogP contribution in [0.2, 0.25) is 0 Å². The van der Waals surface area contributed by atoms with Crippen molar-refractivity contribution >= 4 is 44.6 Å². The highest BCUT2D eigenvalue weighted by Gasteiger charge is 2.14. The van der Waals surface area contributed by atoms with Gasteiger partial charge in [0.05, 0.1) is 0 Å². The molecule has 0 atom stereocenters. The normalized spacial score (nSPS) is 10.9. The monoisotopic (exact) mass is 390 g/mol. The summed E-state index contributed by atoms with van der Waals surface area (Å²) in [6.07, 6.45) is 0. The van der Waals surface area contributed by atoms with E-state index in [4.69, 9.17) is 12.2 Å². The summed E-state index contributed by atoms with van der Waals surface area (Å²) in [4.78, 5) is 0. The quantitative estimate of drug-likeness (QED) is 0.582. The maximum Gasteiger partial charge on any atom is 0.175 e. The highest BCUT2D eigenvalue weighted by atomic mass is 79.9. The van der Waals surface area contributed by atoms with E-state index in [-0.39, 0.29) is 0 Å². The SMILES string of the molecule is CC(C)c1cccc(C(C)C)c1NC(=S)Nc1ccc(Br)cc1. The number of hydrogen-bond donors (Lipinski definition) is 2. The van der Waals surface area contributed by atoms with E-state index < -0.39 is 0 Å². The average molecular weight is 391 g/mol. The number of rotatable bonds is 4. The van der Waals surface area contributed by atoms with Gasteiger partial charge in [0, 0.05) is 15.8 Å². The fourth-order valence-electron chi connectivity index (χ4n) is 2.50. The minimum atomic E-state index is 0.437. The molecule has 23 heavy (non-hydrogen) atoms. The van der Waals surface area contributed by atoms with Crippen LogP contribution in [0.5, 0.6) is 0 Å². The Kier molecular flexibility index (Phi) is 6.19. The van der Waals surface area contributed by atoms with Crippen LogP contribution in [-0.2, 0) is 0 Å². The van der Waals surface area contributed by atoms with Gasteiger partial charge >= 0.3 is 0 Å². The third kappa shape index (κ3) is 4.79. The first-order valence-electron chi connectivity index (χ1n) is 7.85. The van der Waals surface area contributed by atoms with E-state index in [1.807, 2.05) is 24.3 Å². The molecule has 0 aliphatic heterocycles. The Hall–Kier alpha value is -1.39. The summed E-state index contributed by atoms with van der Waals surface area (Å²) in [5, 5.41) is 7.28. The van der Waals surface area contributed by atoms with Gasteiger partial charge in [-0.15, -0.1) is 0 Å². The molecule has 0 amide bonds. The van der Waals surface area contributed by atoms with E-state index in [0.29, 0.717) is 16.9 Å². The number of halogens is 1. The zero-order chi connectivity index (χ0) is 17.0. The lowest BCUT2D eigenvalue weighted by molar-refractivity contribution is 0.839. The molecular formula is C19H23BrN2S. The first-order valence-corrected chi connectivity index (χ1v) is 9.05. The summed E-state index contributed by atoms with van der Waals surface area (Å²) in [6.45, 7) is 8.82. The van der Waals surface area contributed by atoms with Crippen LogP contribution in [0, 0.1) is 0 Å². The Bertz CT molecular complexity index is 652. The van der Waals surface area contributed by atoms with Crippen molar-refractivity contribution in [3.63, 3.8) is 0 Å². The Morgan fingerprint density at radius 3 is 1.87 bits per heavy atom. The van der Waals surface area contributed by atoms with Gasteiger partial charge in [-0.2, -0.15) is 0 Å². The molecule has 122 valence electrons. The molecule has 2 aromatic carbocycles. The topological polar surface area (TPSA) is 24.1 Å². The lowest BCUT2D eigenvalue weighted by Crippen LogP contribution is -2.21. The van der Waals surface area contributed by atoms with Gasteiger partial charge in [0.1, 0.15) is 0 Å². The van der Waals surface area contributed by atoms with Gasteiger partial charge in [0.15, 0.2) is 5.11 Å². The van der Waals surface area contributed by atoms with Crippen molar-refractivity contribution in [1.82, 2.24) is 0 Å². The van der Waals surface area contributed by atoms with Gasteiger partial charge in [0.25, 0.3) is 0 Å². The van der Waals surface area contributed by atoms with Crippen LogP contribution >= 0.6 is 28.1 Å². The van der Waals surface area contributed by atoms with Crippen molar-refractivity contribution in [2.24, 2.45) is 0 Å². The summed E-state index contributed by atoms with van der Waals surface area (Å²) in [7, 11) is 0. The number of nitrogens with one attached hydrogen (secondary N) is 2. The molecule has 4 heteroatoms. The first kappa shape index (κ1) is 18.0. The van der Waals surface area contributed by atoms with Crippen LogP contribution in [0.3, 0.4) is 0 Å². The van der Waals surface area contributed by atoms with Gasteiger partial charge in [0.2, 0.25) is 0 Å². The minimum absolute atomic E-state index is 0.437. The smallest absolute Gasteiger partial charge is 0.175 e. The number of anilines is 2. The zero-order valence-electron chi connectivity index (χ0n) is 14.0. The van der Waals surface area contributed by atoms with Gasteiger partial charge in [-0.25, -0.2) is 0 Å². The van der Waals surface area contributed by atoms with Crippen LogP contribution in [0.25, 0.3) is 0 Å². The van der Waals surface area contributed by atoms with Gasteiger partial charge < -0.3 is 10.6 Å². The maximum atomic E-state index is 5.51. The summed E-state index contributed by atoms with van der Waals surface area (Å²) < 4.78 is 1.05. The zero-order valence-corrected chi connectivity index (χ0v) is 16.4. The number of thiocarbonyl (C=S) groups is 1. The molecule has 0 heterocycles. The van der Waals surface area contributed by atoms with E-state index in [9.17, 15) is 0 Å². The Morgan fingerprint density at radius 1 is 0.870 bits per heavy atom. The summed E-state index contributed by atoms with van der Waals surface area (Å²) in [6, 6.07) is 14.4. The Morgan fingerprint density at radius 2 is 1.39 bits per heavy atom. The van der Waals surface area contributed by atoms with E-state index in [1.165, 1.54) is 11.1 Å². The lowest BCUT2D eigenvalue weighted by atomic mass is 9.93. The fraction of sp³-hybridized carbons (Fsp3) is 0.316. The molecule has 2 nitrogen and oxygen atoms in total. The summed E-state index contributed by atoms with van der Waals surface area (Å²) >= 11 is 8.95. The molecule has 0 aromatic heterocycles. The van der Waals surface area contributed by atoms with Gasteiger partial charge in [-0.05, 0) is 59.4 Å². The van der Waals surface area contributed by atoms with E-state index in [1.54, 1.807) is 0 Å². The van der Waals surface area contributed by atoms with Crippen LogP contribution < -0.4 is 10.6 Å².